The summed E-state index contributed by atoms with van der Waals surface area (Å²) in [5, 5.41) is 11.0. The Kier molecular flexibility index (Phi) is 6.44. The van der Waals surface area contributed by atoms with Gasteiger partial charge in [-0.1, -0.05) is 47.9 Å². The van der Waals surface area contributed by atoms with E-state index in [0.717, 1.165) is 37.9 Å². The minimum atomic E-state index is -0.231. The standard InChI is InChI=1S/C16H19N3O3S3/c1-3-6-23-15-18-19-16(25-15)24-10(2)14(20)17-8-11-4-5-12-13(7-11)22-9-21-12/h4-5,7,10H,3,6,8-9H2,1-2H3,(H,17,20)/t10-/m0/s1. The number of amides is 1. The summed E-state index contributed by atoms with van der Waals surface area (Å²) in [5.41, 5.74) is 0.976. The minimum Gasteiger partial charge on any atom is -0.454 e. The lowest BCUT2D eigenvalue weighted by atomic mass is 10.2. The monoisotopic (exact) mass is 397 g/mol. The Morgan fingerprint density at radius 1 is 1.32 bits per heavy atom. The van der Waals surface area contributed by atoms with Crippen molar-refractivity contribution in [2.75, 3.05) is 12.5 Å². The van der Waals surface area contributed by atoms with Crippen molar-refractivity contribution in [1.29, 1.82) is 0 Å². The van der Waals surface area contributed by atoms with Crippen molar-refractivity contribution in [3.8, 4) is 11.5 Å². The van der Waals surface area contributed by atoms with Gasteiger partial charge in [0, 0.05) is 12.3 Å². The Balaban J connectivity index is 1.48. The van der Waals surface area contributed by atoms with Crippen LogP contribution in [0.2, 0.25) is 0 Å². The minimum absolute atomic E-state index is 0.0272. The van der Waals surface area contributed by atoms with E-state index in [1.54, 1.807) is 11.8 Å². The third-order valence-electron chi connectivity index (χ3n) is 3.37. The first-order chi connectivity index (χ1) is 12.2. The van der Waals surface area contributed by atoms with Crippen molar-refractivity contribution in [3.05, 3.63) is 23.8 Å². The second-order valence-electron chi connectivity index (χ2n) is 5.35. The summed E-state index contributed by atoms with van der Waals surface area (Å²) in [5.74, 6) is 2.47. The maximum Gasteiger partial charge on any atom is 0.233 e. The lowest BCUT2D eigenvalue weighted by Crippen LogP contribution is -2.30. The van der Waals surface area contributed by atoms with E-state index in [-0.39, 0.29) is 18.0 Å². The molecule has 9 heteroatoms. The zero-order valence-electron chi connectivity index (χ0n) is 14.0. The van der Waals surface area contributed by atoms with E-state index in [4.69, 9.17) is 9.47 Å². The highest BCUT2D eigenvalue weighted by atomic mass is 32.2. The molecule has 1 aromatic heterocycles. The fourth-order valence-electron chi connectivity index (χ4n) is 2.08. The Labute approximate surface area is 159 Å². The first-order valence-corrected chi connectivity index (χ1v) is 10.6. The van der Waals surface area contributed by atoms with Gasteiger partial charge >= 0.3 is 0 Å². The molecule has 0 bridgehead atoms. The van der Waals surface area contributed by atoms with Crippen LogP contribution in [0, 0.1) is 0 Å². The maximum absolute atomic E-state index is 12.3. The van der Waals surface area contributed by atoms with E-state index in [2.05, 4.69) is 22.4 Å². The van der Waals surface area contributed by atoms with Gasteiger partial charge in [-0.15, -0.1) is 10.2 Å². The van der Waals surface area contributed by atoms with Crippen LogP contribution in [0.4, 0.5) is 0 Å². The maximum atomic E-state index is 12.3. The summed E-state index contributed by atoms with van der Waals surface area (Å²) < 4.78 is 12.4. The van der Waals surface area contributed by atoms with Crippen molar-refractivity contribution in [2.24, 2.45) is 0 Å². The number of carbonyl (C=O) groups excluding carboxylic acids is 1. The summed E-state index contributed by atoms with van der Waals surface area (Å²) in [4.78, 5) is 12.3. The van der Waals surface area contributed by atoms with E-state index in [9.17, 15) is 4.79 Å². The Morgan fingerprint density at radius 2 is 2.12 bits per heavy atom. The lowest BCUT2D eigenvalue weighted by Gasteiger charge is -2.10. The number of aromatic nitrogens is 2. The topological polar surface area (TPSA) is 73.3 Å². The molecule has 6 nitrogen and oxygen atoms in total. The fourth-order valence-corrected chi connectivity index (χ4v) is 5.19. The number of nitrogens with zero attached hydrogens (tertiary/aromatic N) is 2. The van der Waals surface area contributed by atoms with Crippen LogP contribution in [0.5, 0.6) is 11.5 Å². The molecule has 1 atom stereocenters. The number of rotatable bonds is 8. The quantitative estimate of drug-likeness (QED) is 0.683. The number of hydrogen-bond donors (Lipinski definition) is 1. The van der Waals surface area contributed by atoms with Crippen molar-refractivity contribution in [1.82, 2.24) is 15.5 Å². The van der Waals surface area contributed by atoms with E-state index in [0.29, 0.717) is 6.54 Å². The Morgan fingerprint density at radius 3 is 2.96 bits per heavy atom. The second kappa shape index (κ2) is 8.77. The molecule has 0 saturated heterocycles. The first-order valence-electron chi connectivity index (χ1n) is 7.95. The van der Waals surface area contributed by atoms with Gasteiger partial charge in [0.15, 0.2) is 20.2 Å². The largest absolute Gasteiger partial charge is 0.454 e. The summed E-state index contributed by atoms with van der Waals surface area (Å²) >= 11 is 4.68. The number of thioether (sulfide) groups is 2. The Hall–Kier alpha value is -1.45. The van der Waals surface area contributed by atoms with Crippen LogP contribution in [0.1, 0.15) is 25.8 Å². The van der Waals surface area contributed by atoms with Gasteiger partial charge in [0.1, 0.15) is 0 Å². The molecule has 25 heavy (non-hydrogen) atoms. The summed E-state index contributed by atoms with van der Waals surface area (Å²) in [6.07, 6.45) is 1.10. The molecule has 3 rings (SSSR count). The number of benzene rings is 1. The lowest BCUT2D eigenvalue weighted by molar-refractivity contribution is -0.120. The van der Waals surface area contributed by atoms with Crippen molar-refractivity contribution in [2.45, 2.75) is 40.7 Å². The van der Waals surface area contributed by atoms with Gasteiger partial charge in [-0.3, -0.25) is 4.79 Å². The highest BCUT2D eigenvalue weighted by Gasteiger charge is 2.18. The number of fused-ring (bicyclic) bond motifs is 1. The highest BCUT2D eigenvalue weighted by molar-refractivity contribution is 8.03. The van der Waals surface area contributed by atoms with Crippen LogP contribution in [-0.4, -0.2) is 33.9 Å². The van der Waals surface area contributed by atoms with Gasteiger partial charge in [-0.2, -0.15) is 0 Å². The predicted molar refractivity (Wildman–Crippen MR) is 101 cm³/mol. The number of nitrogens with one attached hydrogen (secondary N) is 1. The van der Waals surface area contributed by atoms with Crippen LogP contribution in [0.3, 0.4) is 0 Å². The van der Waals surface area contributed by atoms with Crippen LogP contribution in [-0.2, 0) is 11.3 Å². The molecular weight excluding hydrogens is 378 g/mol. The molecule has 1 aliphatic heterocycles. The average Bonchev–Trinajstić information content (AvgIpc) is 3.26. The SMILES string of the molecule is CCCSc1nnc(S[C@@H](C)C(=O)NCc2ccc3c(c2)OCO3)s1. The summed E-state index contributed by atoms with van der Waals surface area (Å²) in [6, 6.07) is 5.68. The van der Waals surface area contributed by atoms with Crippen LogP contribution < -0.4 is 14.8 Å². The van der Waals surface area contributed by atoms with Crippen LogP contribution >= 0.6 is 34.9 Å². The number of hydrogen-bond acceptors (Lipinski definition) is 8. The molecule has 134 valence electrons. The van der Waals surface area contributed by atoms with Crippen molar-refractivity contribution in [3.63, 3.8) is 0 Å². The van der Waals surface area contributed by atoms with Gasteiger partial charge in [-0.05, 0) is 31.0 Å². The summed E-state index contributed by atoms with van der Waals surface area (Å²) in [7, 11) is 0. The molecule has 0 radical (unpaired) electrons. The van der Waals surface area contributed by atoms with Crippen molar-refractivity contribution >= 4 is 40.8 Å². The third kappa shape index (κ3) is 5.02. The molecule has 1 amide bonds. The number of ether oxygens (including phenoxy) is 2. The molecule has 0 saturated carbocycles. The van der Waals surface area contributed by atoms with Crippen molar-refractivity contribution < 1.29 is 14.3 Å². The summed E-state index contributed by atoms with van der Waals surface area (Å²) in [6.45, 7) is 4.71. The second-order valence-corrected chi connectivity index (χ2v) is 9.26. The molecule has 0 fully saturated rings. The van der Waals surface area contributed by atoms with Gasteiger partial charge in [0.2, 0.25) is 12.7 Å². The molecule has 2 aromatic rings. The van der Waals surface area contributed by atoms with E-state index in [1.807, 2.05) is 25.1 Å². The van der Waals surface area contributed by atoms with Crippen LogP contribution in [0.25, 0.3) is 0 Å². The van der Waals surface area contributed by atoms with E-state index < -0.39 is 0 Å². The molecule has 2 heterocycles. The van der Waals surface area contributed by atoms with Crippen LogP contribution in [0.15, 0.2) is 26.9 Å². The molecule has 1 aliphatic rings. The number of carbonyl (C=O) groups is 1. The third-order valence-corrected chi connectivity index (χ3v) is 6.81. The van der Waals surface area contributed by atoms with Gasteiger partial charge < -0.3 is 14.8 Å². The van der Waals surface area contributed by atoms with Gasteiger partial charge in [0.05, 0.1) is 5.25 Å². The van der Waals surface area contributed by atoms with Gasteiger partial charge in [0.25, 0.3) is 0 Å². The zero-order chi connectivity index (χ0) is 17.6. The molecule has 0 unspecified atom stereocenters. The normalized spacial score (nSPS) is 13.7. The van der Waals surface area contributed by atoms with Gasteiger partial charge in [-0.25, -0.2) is 0 Å². The van der Waals surface area contributed by atoms with E-state index in [1.165, 1.54) is 23.1 Å². The molecule has 0 spiro atoms. The fraction of sp³-hybridized carbons (Fsp3) is 0.438. The molecule has 1 aromatic carbocycles. The smallest absolute Gasteiger partial charge is 0.233 e. The zero-order valence-corrected chi connectivity index (χ0v) is 16.4. The molecule has 1 N–H and O–H groups in total. The average molecular weight is 398 g/mol. The highest BCUT2D eigenvalue weighted by Crippen LogP contribution is 2.33. The molecular formula is C16H19N3O3S3. The molecule has 0 aliphatic carbocycles. The Bertz CT molecular complexity index is 738. The van der Waals surface area contributed by atoms with E-state index >= 15 is 0 Å². The predicted octanol–water partition coefficient (Wildman–Crippen LogP) is 3.57. The first kappa shape index (κ1) is 18.3.